The highest BCUT2D eigenvalue weighted by Gasteiger charge is 2.32. The van der Waals surface area contributed by atoms with E-state index in [1.165, 1.54) is 38.8 Å². The van der Waals surface area contributed by atoms with Crippen LogP contribution >= 0.6 is 0 Å². The highest BCUT2D eigenvalue weighted by atomic mass is 15.2. The Morgan fingerprint density at radius 3 is 2.67 bits per heavy atom. The molecule has 2 rings (SSSR count). The zero-order valence-electron chi connectivity index (χ0n) is 10.6. The third-order valence-corrected chi connectivity index (χ3v) is 3.89. The highest BCUT2D eigenvalue weighted by Crippen LogP contribution is 2.35. The van der Waals surface area contributed by atoms with Crippen molar-refractivity contribution >= 4 is 0 Å². The van der Waals surface area contributed by atoms with E-state index in [0.717, 1.165) is 18.5 Å². The minimum Gasteiger partial charge on any atom is -0.309 e. The van der Waals surface area contributed by atoms with Gasteiger partial charge in [-0.2, -0.15) is 0 Å². The van der Waals surface area contributed by atoms with E-state index in [2.05, 4.69) is 31.0 Å². The second kappa shape index (κ2) is 4.42. The van der Waals surface area contributed by atoms with Gasteiger partial charge in [0.1, 0.15) is 0 Å². The van der Waals surface area contributed by atoms with Gasteiger partial charge < -0.3 is 5.32 Å². The minimum atomic E-state index is 0.315. The Hall–Kier alpha value is -0.0800. The van der Waals surface area contributed by atoms with Crippen LogP contribution in [0.2, 0.25) is 0 Å². The molecule has 15 heavy (non-hydrogen) atoms. The molecule has 1 saturated heterocycles. The first-order chi connectivity index (χ1) is 7.11. The van der Waals surface area contributed by atoms with Crippen LogP contribution in [0.1, 0.15) is 46.5 Å². The number of nitrogens with one attached hydrogen (secondary N) is 1. The molecule has 0 aromatic rings. The number of nitrogens with zero attached hydrogens (tertiary/aromatic N) is 1. The van der Waals surface area contributed by atoms with Crippen molar-refractivity contribution in [2.75, 3.05) is 19.6 Å². The molecule has 1 N–H and O–H groups in total. The van der Waals surface area contributed by atoms with E-state index in [1.54, 1.807) is 0 Å². The molecule has 0 aromatic carbocycles. The smallest absolute Gasteiger partial charge is 0.0252 e. The first kappa shape index (κ1) is 11.4. The summed E-state index contributed by atoms with van der Waals surface area (Å²) in [6.45, 7) is 10.6. The average molecular weight is 210 g/mol. The number of piperazine rings is 1. The van der Waals surface area contributed by atoms with Gasteiger partial charge in [0.2, 0.25) is 0 Å². The fraction of sp³-hybridized carbons (Fsp3) is 1.00. The molecule has 2 nitrogen and oxygen atoms in total. The summed E-state index contributed by atoms with van der Waals surface area (Å²) in [5.41, 5.74) is 0.315. The fourth-order valence-electron chi connectivity index (χ4n) is 2.80. The molecule has 0 amide bonds. The van der Waals surface area contributed by atoms with Gasteiger partial charge in [0.15, 0.2) is 0 Å². The number of hydrogen-bond donors (Lipinski definition) is 1. The predicted molar refractivity (Wildman–Crippen MR) is 65.1 cm³/mol. The van der Waals surface area contributed by atoms with Crippen molar-refractivity contribution < 1.29 is 0 Å². The molecule has 1 aliphatic carbocycles. The van der Waals surface area contributed by atoms with Gasteiger partial charge in [-0.25, -0.2) is 0 Å². The molecule has 1 atom stereocenters. The fourth-order valence-corrected chi connectivity index (χ4v) is 2.80. The van der Waals surface area contributed by atoms with Crippen LogP contribution in [0.4, 0.5) is 0 Å². The monoisotopic (exact) mass is 210 g/mol. The molecule has 1 heterocycles. The topological polar surface area (TPSA) is 15.3 Å². The summed E-state index contributed by atoms with van der Waals surface area (Å²) in [6, 6.07) is 0.846. The van der Waals surface area contributed by atoms with Crippen molar-refractivity contribution in [3.8, 4) is 0 Å². The van der Waals surface area contributed by atoms with E-state index in [1.807, 2.05) is 0 Å². The molecule has 2 heteroatoms. The lowest BCUT2D eigenvalue weighted by Crippen LogP contribution is -2.59. The van der Waals surface area contributed by atoms with Gasteiger partial charge in [0, 0.05) is 31.2 Å². The van der Waals surface area contributed by atoms with Gasteiger partial charge in [-0.05, 0) is 32.6 Å². The first-order valence-corrected chi connectivity index (χ1v) is 6.60. The maximum Gasteiger partial charge on any atom is 0.0252 e. The normalized spacial score (nSPS) is 29.0. The van der Waals surface area contributed by atoms with E-state index in [0.29, 0.717) is 5.54 Å². The molecule has 2 fully saturated rings. The molecule has 0 bridgehead atoms. The third kappa shape index (κ3) is 3.18. The second-order valence-corrected chi connectivity index (χ2v) is 6.02. The molecule has 2 aliphatic rings. The third-order valence-electron chi connectivity index (χ3n) is 3.89. The molecule has 1 saturated carbocycles. The molecule has 0 radical (unpaired) electrons. The Balaban J connectivity index is 1.88. The van der Waals surface area contributed by atoms with Crippen LogP contribution in [-0.4, -0.2) is 36.1 Å². The van der Waals surface area contributed by atoms with Crippen LogP contribution in [-0.2, 0) is 0 Å². The summed E-state index contributed by atoms with van der Waals surface area (Å²) in [6.07, 6.45) is 5.76. The van der Waals surface area contributed by atoms with Crippen LogP contribution in [0.15, 0.2) is 0 Å². The summed E-state index contributed by atoms with van der Waals surface area (Å²) < 4.78 is 0. The minimum absolute atomic E-state index is 0.315. The Bertz CT molecular complexity index is 209. The Kier molecular flexibility index (Phi) is 3.36. The summed E-state index contributed by atoms with van der Waals surface area (Å²) >= 11 is 0. The first-order valence-electron chi connectivity index (χ1n) is 6.60. The van der Waals surface area contributed by atoms with Crippen molar-refractivity contribution in [2.24, 2.45) is 5.92 Å². The van der Waals surface area contributed by atoms with Gasteiger partial charge in [-0.15, -0.1) is 0 Å². The standard InChI is InChI=1S/C13H26N2/c1-4-12(9-11-5-6-11)15-8-7-14-13(2,3)10-15/h11-12,14H,4-10H2,1-3H3. The molecule has 0 spiro atoms. The van der Waals surface area contributed by atoms with Crippen LogP contribution in [0.3, 0.4) is 0 Å². The predicted octanol–water partition coefficient (Wildman–Crippen LogP) is 2.25. The van der Waals surface area contributed by atoms with E-state index in [4.69, 9.17) is 0 Å². The Morgan fingerprint density at radius 1 is 1.40 bits per heavy atom. The molecule has 88 valence electrons. The molecule has 1 aliphatic heterocycles. The van der Waals surface area contributed by atoms with Gasteiger partial charge >= 0.3 is 0 Å². The van der Waals surface area contributed by atoms with Crippen LogP contribution in [0.5, 0.6) is 0 Å². The van der Waals surface area contributed by atoms with Crippen LogP contribution < -0.4 is 5.32 Å². The van der Waals surface area contributed by atoms with Crippen molar-refractivity contribution in [2.45, 2.75) is 58.0 Å². The summed E-state index contributed by atoms with van der Waals surface area (Å²) in [5.74, 6) is 1.06. The maximum absolute atomic E-state index is 3.59. The zero-order chi connectivity index (χ0) is 10.9. The lowest BCUT2D eigenvalue weighted by molar-refractivity contribution is 0.0984. The van der Waals surface area contributed by atoms with E-state index >= 15 is 0 Å². The lowest BCUT2D eigenvalue weighted by Gasteiger charge is -2.43. The molecule has 0 aromatic heterocycles. The van der Waals surface area contributed by atoms with E-state index < -0.39 is 0 Å². The van der Waals surface area contributed by atoms with Crippen molar-refractivity contribution in [1.82, 2.24) is 10.2 Å². The lowest BCUT2D eigenvalue weighted by atomic mass is 9.98. The highest BCUT2D eigenvalue weighted by molar-refractivity contribution is 4.91. The Morgan fingerprint density at radius 2 is 2.13 bits per heavy atom. The van der Waals surface area contributed by atoms with Gasteiger partial charge in [0.25, 0.3) is 0 Å². The zero-order valence-corrected chi connectivity index (χ0v) is 10.6. The van der Waals surface area contributed by atoms with Crippen LogP contribution in [0, 0.1) is 5.92 Å². The van der Waals surface area contributed by atoms with Crippen molar-refractivity contribution in [3.63, 3.8) is 0 Å². The Labute approximate surface area is 94.4 Å². The SMILES string of the molecule is CCC(CC1CC1)N1CCNC(C)(C)C1. The van der Waals surface area contributed by atoms with Gasteiger partial charge in [0.05, 0.1) is 0 Å². The molecular weight excluding hydrogens is 184 g/mol. The van der Waals surface area contributed by atoms with Crippen molar-refractivity contribution in [3.05, 3.63) is 0 Å². The number of rotatable bonds is 4. The summed E-state index contributed by atoms with van der Waals surface area (Å²) in [7, 11) is 0. The maximum atomic E-state index is 3.59. The van der Waals surface area contributed by atoms with E-state index in [-0.39, 0.29) is 0 Å². The van der Waals surface area contributed by atoms with E-state index in [9.17, 15) is 0 Å². The largest absolute Gasteiger partial charge is 0.309 e. The van der Waals surface area contributed by atoms with Gasteiger partial charge in [-0.3, -0.25) is 4.90 Å². The number of hydrogen-bond acceptors (Lipinski definition) is 2. The van der Waals surface area contributed by atoms with Gasteiger partial charge in [-0.1, -0.05) is 19.8 Å². The molecular formula is C13H26N2. The second-order valence-electron chi connectivity index (χ2n) is 6.02. The van der Waals surface area contributed by atoms with Crippen molar-refractivity contribution in [1.29, 1.82) is 0 Å². The van der Waals surface area contributed by atoms with Crippen LogP contribution in [0.25, 0.3) is 0 Å². The summed E-state index contributed by atoms with van der Waals surface area (Å²) in [4.78, 5) is 2.72. The quantitative estimate of drug-likeness (QED) is 0.765. The molecule has 1 unspecified atom stereocenters. The summed E-state index contributed by atoms with van der Waals surface area (Å²) in [5, 5.41) is 3.59. The average Bonchev–Trinajstić information content (AvgIpc) is 2.96.